The third kappa shape index (κ3) is 8.36. The van der Waals surface area contributed by atoms with Gasteiger partial charge < -0.3 is 5.32 Å². The van der Waals surface area contributed by atoms with Crippen LogP contribution in [0.1, 0.15) is 111 Å². The number of amides is 1. The van der Waals surface area contributed by atoms with Gasteiger partial charge in [0.15, 0.2) is 5.78 Å². The first-order valence-electron chi connectivity index (χ1n) is 16.9. The van der Waals surface area contributed by atoms with Gasteiger partial charge in [0, 0.05) is 22.7 Å². The molecule has 1 aliphatic rings. The SMILES string of the molecule is CCCC(=O)c1ccc(C[C@@H](C(=O)Nc2ccc(-c3ccc(Cl)cc3C)cc2)c2ccc(C3CCC(C(C)(C)C)CC3)cc2)cc1. The lowest BCUT2D eigenvalue weighted by Gasteiger charge is -2.37. The fraction of sp³-hybridized carbons (Fsp3) is 0.381. The van der Waals surface area contributed by atoms with E-state index in [4.69, 9.17) is 11.6 Å². The predicted molar refractivity (Wildman–Crippen MR) is 193 cm³/mol. The maximum atomic E-state index is 14.0. The number of halogens is 1. The maximum Gasteiger partial charge on any atom is 0.232 e. The quantitative estimate of drug-likeness (QED) is 0.177. The molecule has 4 heteroatoms. The van der Waals surface area contributed by atoms with Crippen molar-refractivity contribution in [3.8, 4) is 11.1 Å². The molecule has 1 atom stereocenters. The molecule has 3 nitrogen and oxygen atoms in total. The summed E-state index contributed by atoms with van der Waals surface area (Å²) in [4.78, 5) is 26.4. The molecule has 1 amide bonds. The van der Waals surface area contributed by atoms with Crippen molar-refractivity contribution in [3.05, 3.63) is 124 Å². The first kappa shape index (κ1) is 33.7. The number of rotatable bonds is 10. The van der Waals surface area contributed by atoms with E-state index in [0.717, 1.165) is 56.4 Å². The molecule has 1 N–H and O–H groups in total. The van der Waals surface area contributed by atoms with Crippen LogP contribution in [-0.4, -0.2) is 11.7 Å². The van der Waals surface area contributed by atoms with Gasteiger partial charge >= 0.3 is 0 Å². The summed E-state index contributed by atoms with van der Waals surface area (Å²) in [6, 6.07) is 30.5. The molecular formula is C42H48ClNO2. The molecule has 1 fully saturated rings. The van der Waals surface area contributed by atoms with E-state index in [9.17, 15) is 9.59 Å². The number of carbonyl (C=O) groups is 2. The van der Waals surface area contributed by atoms with Crippen molar-refractivity contribution < 1.29 is 9.59 Å². The topological polar surface area (TPSA) is 46.2 Å². The van der Waals surface area contributed by atoms with Crippen LogP contribution < -0.4 is 5.32 Å². The summed E-state index contributed by atoms with van der Waals surface area (Å²) in [5.74, 6) is 1.11. The average Bonchev–Trinajstić information content (AvgIpc) is 3.04. The Balaban J connectivity index is 1.35. The molecule has 1 aliphatic carbocycles. The molecular weight excluding hydrogens is 586 g/mol. The molecule has 4 aromatic rings. The summed E-state index contributed by atoms with van der Waals surface area (Å²) in [7, 11) is 0. The highest BCUT2D eigenvalue weighted by molar-refractivity contribution is 6.30. The zero-order chi connectivity index (χ0) is 32.8. The largest absolute Gasteiger partial charge is 0.326 e. The summed E-state index contributed by atoms with van der Waals surface area (Å²) in [6.07, 6.45) is 6.91. The molecule has 240 valence electrons. The number of ketones is 1. The Morgan fingerprint density at radius 1 is 0.848 bits per heavy atom. The Morgan fingerprint density at radius 2 is 1.50 bits per heavy atom. The molecule has 0 saturated heterocycles. The number of aryl methyl sites for hydroxylation is 1. The van der Waals surface area contributed by atoms with Gasteiger partial charge in [0.05, 0.1) is 5.92 Å². The summed E-state index contributed by atoms with van der Waals surface area (Å²) in [6.45, 7) is 11.2. The summed E-state index contributed by atoms with van der Waals surface area (Å²) in [5, 5.41) is 3.91. The maximum absolute atomic E-state index is 14.0. The van der Waals surface area contributed by atoms with Gasteiger partial charge in [0.1, 0.15) is 0 Å². The average molecular weight is 634 g/mol. The minimum absolute atomic E-state index is 0.0417. The fourth-order valence-corrected chi connectivity index (χ4v) is 7.23. The monoisotopic (exact) mass is 633 g/mol. The second kappa shape index (κ2) is 14.8. The van der Waals surface area contributed by atoms with Crippen molar-refractivity contribution in [1.29, 1.82) is 0 Å². The number of hydrogen-bond donors (Lipinski definition) is 1. The Hall–Kier alpha value is -3.69. The second-order valence-electron chi connectivity index (χ2n) is 14.2. The van der Waals surface area contributed by atoms with Gasteiger partial charge in [0.2, 0.25) is 5.91 Å². The van der Waals surface area contributed by atoms with E-state index in [-0.39, 0.29) is 17.6 Å². The highest BCUT2D eigenvalue weighted by atomic mass is 35.5. The molecule has 0 heterocycles. The molecule has 0 radical (unpaired) electrons. The van der Waals surface area contributed by atoms with Crippen LogP contribution in [0.4, 0.5) is 5.69 Å². The van der Waals surface area contributed by atoms with Crippen molar-refractivity contribution >= 4 is 29.0 Å². The Kier molecular flexibility index (Phi) is 10.8. The lowest BCUT2D eigenvalue weighted by molar-refractivity contribution is -0.117. The molecule has 0 bridgehead atoms. The summed E-state index contributed by atoms with van der Waals surface area (Å²) >= 11 is 6.16. The summed E-state index contributed by atoms with van der Waals surface area (Å²) < 4.78 is 0. The number of benzene rings is 4. The normalized spacial score (nSPS) is 17.3. The van der Waals surface area contributed by atoms with Gasteiger partial charge in [-0.2, -0.15) is 0 Å². The van der Waals surface area contributed by atoms with E-state index in [2.05, 4.69) is 57.3 Å². The standard InChI is InChI=1S/C42H48ClNO2/c1-6-7-40(45)34-10-8-29(9-11-34)27-39(33-14-12-30(13-15-33)31-16-20-35(21-17-31)42(3,4)5)41(46)44-37-23-18-32(19-24-37)38-25-22-36(43)26-28(38)2/h8-15,18-19,22-26,31,35,39H,6-7,16-17,20-21,27H2,1-5H3,(H,44,46)/t31?,35?,39-/m1/s1. The van der Waals surface area contributed by atoms with Gasteiger partial charge in [-0.25, -0.2) is 0 Å². The van der Waals surface area contributed by atoms with Crippen LogP contribution in [-0.2, 0) is 11.2 Å². The van der Waals surface area contributed by atoms with Crippen LogP contribution in [0, 0.1) is 18.3 Å². The Labute approximate surface area is 280 Å². The number of hydrogen-bond acceptors (Lipinski definition) is 2. The fourth-order valence-electron chi connectivity index (χ4n) is 7.00. The van der Waals surface area contributed by atoms with E-state index in [1.165, 1.54) is 31.2 Å². The first-order valence-corrected chi connectivity index (χ1v) is 17.3. The molecule has 0 aromatic heterocycles. The van der Waals surface area contributed by atoms with Crippen molar-refractivity contribution in [2.24, 2.45) is 11.3 Å². The zero-order valence-corrected chi connectivity index (χ0v) is 28.8. The van der Waals surface area contributed by atoms with Crippen molar-refractivity contribution in [3.63, 3.8) is 0 Å². The molecule has 0 unspecified atom stereocenters. The molecule has 4 aromatic carbocycles. The molecule has 0 aliphatic heterocycles. The van der Waals surface area contributed by atoms with Gasteiger partial charge in [-0.1, -0.05) is 106 Å². The molecule has 46 heavy (non-hydrogen) atoms. The van der Waals surface area contributed by atoms with E-state index in [1.54, 1.807) is 0 Å². The number of anilines is 1. The Morgan fingerprint density at radius 3 is 2.09 bits per heavy atom. The third-order valence-electron chi connectivity index (χ3n) is 9.92. The van der Waals surface area contributed by atoms with Crippen LogP contribution >= 0.6 is 11.6 Å². The number of nitrogens with one attached hydrogen (secondary N) is 1. The smallest absolute Gasteiger partial charge is 0.232 e. The van der Waals surface area contributed by atoms with Gasteiger partial charge in [0.25, 0.3) is 0 Å². The van der Waals surface area contributed by atoms with Gasteiger partial charge in [-0.3, -0.25) is 9.59 Å². The second-order valence-corrected chi connectivity index (χ2v) is 14.7. The minimum Gasteiger partial charge on any atom is -0.326 e. The van der Waals surface area contributed by atoms with Crippen molar-refractivity contribution in [1.82, 2.24) is 0 Å². The van der Waals surface area contributed by atoms with E-state index < -0.39 is 0 Å². The van der Waals surface area contributed by atoms with E-state index >= 15 is 0 Å². The third-order valence-corrected chi connectivity index (χ3v) is 10.2. The summed E-state index contributed by atoms with van der Waals surface area (Å²) in [5.41, 5.74) is 8.58. The van der Waals surface area contributed by atoms with Gasteiger partial charge in [-0.05, 0) is 120 Å². The zero-order valence-electron chi connectivity index (χ0n) is 28.0. The van der Waals surface area contributed by atoms with Gasteiger partial charge in [-0.15, -0.1) is 0 Å². The van der Waals surface area contributed by atoms with Crippen LogP contribution in [0.15, 0.2) is 91.0 Å². The van der Waals surface area contributed by atoms with Crippen LogP contribution in [0.5, 0.6) is 0 Å². The van der Waals surface area contributed by atoms with E-state index in [1.807, 2.05) is 73.7 Å². The Bertz CT molecular complexity index is 1620. The van der Waals surface area contributed by atoms with Crippen molar-refractivity contribution in [2.45, 2.75) is 91.4 Å². The highest BCUT2D eigenvalue weighted by Gasteiger charge is 2.30. The van der Waals surface area contributed by atoms with E-state index in [0.29, 0.717) is 24.2 Å². The number of Topliss-reactive ketones (excluding diaryl/α,β-unsaturated/α-hetero) is 1. The number of carbonyl (C=O) groups excluding carboxylic acids is 2. The molecule has 0 spiro atoms. The molecule has 1 saturated carbocycles. The van der Waals surface area contributed by atoms with Crippen molar-refractivity contribution in [2.75, 3.05) is 5.32 Å². The first-order chi connectivity index (χ1) is 22.0. The molecule has 5 rings (SSSR count). The minimum atomic E-state index is -0.374. The van der Waals surface area contributed by atoms with Crippen LogP contribution in [0.25, 0.3) is 11.1 Å². The lowest BCUT2D eigenvalue weighted by atomic mass is 9.68. The highest BCUT2D eigenvalue weighted by Crippen LogP contribution is 2.43. The van der Waals surface area contributed by atoms with Crippen LogP contribution in [0.2, 0.25) is 5.02 Å². The van der Waals surface area contributed by atoms with Crippen LogP contribution in [0.3, 0.4) is 0 Å². The predicted octanol–water partition coefficient (Wildman–Crippen LogP) is 11.6. The lowest BCUT2D eigenvalue weighted by Crippen LogP contribution is -2.25.